The van der Waals surface area contributed by atoms with Crippen molar-refractivity contribution in [1.29, 1.82) is 0 Å². The summed E-state index contributed by atoms with van der Waals surface area (Å²) >= 11 is 0. The summed E-state index contributed by atoms with van der Waals surface area (Å²) in [6.07, 6.45) is 3.17. The number of aromatic nitrogens is 6. The second-order valence-electron chi connectivity index (χ2n) is 5.79. The fourth-order valence-corrected chi connectivity index (χ4v) is 2.73. The van der Waals surface area contributed by atoms with Gasteiger partial charge >= 0.3 is 5.69 Å². The van der Waals surface area contributed by atoms with Crippen LogP contribution in [0.5, 0.6) is 17.2 Å². The molecule has 0 atom stereocenters. The van der Waals surface area contributed by atoms with E-state index in [0.717, 1.165) is 12.0 Å². The molecular formula is C16H18N6O4. The van der Waals surface area contributed by atoms with E-state index in [0.29, 0.717) is 54.9 Å². The number of hydrogen-bond acceptors (Lipinski definition) is 7. The minimum atomic E-state index is -0.323. The zero-order chi connectivity index (χ0) is 17.9. The van der Waals surface area contributed by atoms with Crippen molar-refractivity contribution >= 4 is 0 Å². The van der Waals surface area contributed by atoms with Crippen LogP contribution in [-0.4, -0.2) is 50.5 Å². The monoisotopic (exact) mass is 358 g/mol. The third kappa shape index (κ3) is 3.25. The largest absolute Gasteiger partial charge is 0.496 e. The zero-order valence-corrected chi connectivity index (χ0v) is 14.2. The number of benzene rings is 1. The highest BCUT2D eigenvalue weighted by Gasteiger charge is 2.18. The summed E-state index contributed by atoms with van der Waals surface area (Å²) in [6.45, 7) is 1.74. The molecule has 1 aliphatic heterocycles. The summed E-state index contributed by atoms with van der Waals surface area (Å²) in [6, 6.07) is 3.67. The molecule has 0 radical (unpaired) electrons. The maximum Gasteiger partial charge on any atom is 0.340 e. The van der Waals surface area contributed by atoms with Gasteiger partial charge in [-0.2, -0.15) is 5.10 Å². The molecule has 0 spiro atoms. The summed E-state index contributed by atoms with van der Waals surface area (Å²) in [4.78, 5) is 13.7. The first kappa shape index (κ1) is 16.2. The first-order valence-electron chi connectivity index (χ1n) is 8.24. The van der Waals surface area contributed by atoms with Gasteiger partial charge in [-0.05, 0) is 6.07 Å². The van der Waals surface area contributed by atoms with Gasteiger partial charge in [0.15, 0.2) is 11.5 Å². The van der Waals surface area contributed by atoms with E-state index in [2.05, 4.69) is 25.5 Å². The van der Waals surface area contributed by atoms with Crippen LogP contribution >= 0.6 is 0 Å². The Bertz CT molecular complexity index is 960. The van der Waals surface area contributed by atoms with Gasteiger partial charge in [-0.1, -0.05) is 5.21 Å². The molecule has 0 saturated heterocycles. The second kappa shape index (κ2) is 6.90. The molecule has 136 valence electrons. The molecule has 0 bridgehead atoms. The standard InChI is InChI=1S/C16H18N6O4/c1-24-12-8-14-13(25-5-2-6-26-14)7-10(12)11-9-22(21-18-11)4-3-15-17-16(23)20-19-15/h7-9H,2-6H2,1H3,(H2,17,19,20,23). The molecule has 3 heterocycles. The first-order chi connectivity index (χ1) is 12.7. The van der Waals surface area contributed by atoms with Crippen molar-refractivity contribution in [2.24, 2.45) is 0 Å². The van der Waals surface area contributed by atoms with Gasteiger partial charge in [0, 0.05) is 31.0 Å². The van der Waals surface area contributed by atoms with Gasteiger partial charge < -0.3 is 14.2 Å². The Morgan fingerprint density at radius 2 is 2.08 bits per heavy atom. The van der Waals surface area contributed by atoms with Gasteiger partial charge in [-0.3, -0.25) is 9.67 Å². The number of hydrogen-bond donors (Lipinski definition) is 2. The van der Waals surface area contributed by atoms with E-state index in [-0.39, 0.29) is 5.69 Å². The summed E-state index contributed by atoms with van der Waals surface area (Å²) in [5.74, 6) is 2.54. The molecule has 0 unspecified atom stereocenters. The molecule has 0 saturated carbocycles. The normalized spacial score (nSPS) is 13.4. The fraction of sp³-hybridized carbons (Fsp3) is 0.375. The summed E-state index contributed by atoms with van der Waals surface area (Å²) < 4.78 is 18.6. The minimum absolute atomic E-state index is 0.323. The van der Waals surface area contributed by atoms with E-state index < -0.39 is 0 Å². The van der Waals surface area contributed by atoms with Crippen molar-refractivity contribution in [2.75, 3.05) is 20.3 Å². The molecule has 0 amide bonds. The molecule has 10 heteroatoms. The molecule has 0 fully saturated rings. The topological polar surface area (TPSA) is 120 Å². The van der Waals surface area contributed by atoms with Crippen molar-refractivity contribution in [3.05, 3.63) is 34.6 Å². The minimum Gasteiger partial charge on any atom is -0.496 e. The number of nitrogens with one attached hydrogen (secondary N) is 2. The fourth-order valence-electron chi connectivity index (χ4n) is 2.73. The number of nitrogens with zero attached hydrogens (tertiary/aromatic N) is 4. The third-order valence-electron chi connectivity index (χ3n) is 4.01. The number of aromatic amines is 2. The van der Waals surface area contributed by atoms with Gasteiger partial charge in [-0.25, -0.2) is 9.89 Å². The lowest BCUT2D eigenvalue weighted by Gasteiger charge is -2.12. The number of ether oxygens (including phenoxy) is 3. The van der Waals surface area contributed by atoms with Crippen LogP contribution in [0.4, 0.5) is 0 Å². The molecule has 26 heavy (non-hydrogen) atoms. The molecular weight excluding hydrogens is 340 g/mol. The van der Waals surface area contributed by atoms with Crippen molar-refractivity contribution in [3.63, 3.8) is 0 Å². The van der Waals surface area contributed by atoms with Gasteiger partial charge in [0.2, 0.25) is 0 Å². The SMILES string of the molecule is COc1cc2c(cc1-c1cn(CCc3n[nH]c(=O)[nH]3)nn1)OCCCO2. The Labute approximate surface area is 148 Å². The van der Waals surface area contributed by atoms with E-state index in [4.69, 9.17) is 14.2 Å². The van der Waals surface area contributed by atoms with Gasteiger partial charge in [0.05, 0.1) is 26.5 Å². The van der Waals surface area contributed by atoms with Crippen LogP contribution in [0.1, 0.15) is 12.2 Å². The zero-order valence-electron chi connectivity index (χ0n) is 14.2. The van der Waals surface area contributed by atoms with E-state index in [9.17, 15) is 4.79 Å². The molecule has 0 aliphatic carbocycles. The number of methoxy groups -OCH3 is 1. The van der Waals surface area contributed by atoms with Gasteiger partial charge in [0.1, 0.15) is 17.3 Å². The van der Waals surface area contributed by atoms with Crippen LogP contribution in [0.2, 0.25) is 0 Å². The quantitative estimate of drug-likeness (QED) is 0.691. The molecule has 2 N–H and O–H groups in total. The maximum absolute atomic E-state index is 11.1. The first-order valence-corrected chi connectivity index (χ1v) is 8.24. The molecule has 1 aliphatic rings. The summed E-state index contributed by atoms with van der Waals surface area (Å²) in [5, 5.41) is 14.6. The molecule has 3 aromatic rings. The van der Waals surface area contributed by atoms with Crippen molar-refractivity contribution in [1.82, 2.24) is 30.2 Å². The Kier molecular flexibility index (Phi) is 4.30. The van der Waals surface area contributed by atoms with Crippen molar-refractivity contribution < 1.29 is 14.2 Å². The Balaban J connectivity index is 1.58. The predicted molar refractivity (Wildman–Crippen MR) is 90.5 cm³/mol. The Morgan fingerprint density at radius 1 is 1.27 bits per heavy atom. The number of aryl methyl sites for hydroxylation is 2. The molecule has 4 rings (SSSR count). The average Bonchev–Trinajstić information content (AvgIpc) is 3.22. The van der Waals surface area contributed by atoms with Crippen LogP contribution < -0.4 is 19.9 Å². The molecule has 1 aromatic carbocycles. The highest BCUT2D eigenvalue weighted by atomic mass is 16.5. The van der Waals surface area contributed by atoms with Crippen LogP contribution in [0.25, 0.3) is 11.3 Å². The lowest BCUT2D eigenvalue weighted by Crippen LogP contribution is -2.05. The highest BCUT2D eigenvalue weighted by Crippen LogP contribution is 2.40. The smallest absolute Gasteiger partial charge is 0.340 e. The van der Waals surface area contributed by atoms with Crippen LogP contribution in [-0.2, 0) is 13.0 Å². The number of H-pyrrole nitrogens is 2. The van der Waals surface area contributed by atoms with E-state index in [1.54, 1.807) is 11.8 Å². The lowest BCUT2D eigenvalue weighted by molar-refractivity contribution is 0.296. The van der Waals surface area contributed by atoms with Crippen LogP contribution in [0, 0.1) is 0 Å². The predicted octanol–water partition coefficient (Wildman–Crippen LogP) is 0.769. The highest BCUT2D eigenvalue weighted by molar-refractivity contribution is 5.71. The lowest BCUT2D eigenvalue weighted by atomic mass is 10.1. The summed E-state index contributed by atoms with van der Waals surface area (Å²) in [5.41, 5.74) is 1.11. The van der Waals surface area contributed by atoms with Crippen molar-refractivity contribution in [3.8, 4) is 28.5 Å². The number of fused-ring (bicyclic) bond motifs is 1. The van der Waals surface area contributed by atoms with Crippen LogP contribution in [0.3, 0.4) is 0 Å². The molecule has 2 aromatic heterocycles. The Morgan fingerprint density at radius 3 is 2.81 bits per heavy atom. The van der Waals surface area contributed by atoms with E-state index in [1.807, 2.05) is 18.3 Å². The second-order valence-corrected chi connectivity index (χ2v) is 5.79. The summed E-state index contributed by atoms with van der Waals surface area (Å²) in [7, 11) is 1.60. The van der Waals surface area contributed by atoms with Crippen LogP contribution in [0.15, 0.2) is 23.1 Å². The maximum atomic E-state index is 11.1. The van der Waals surface area contributed by atoms with E-state index in [1.165, 1.54) is 0 Å². The average molecular weight is 358 g/mol. The third-order valence-corrected chi connectivity index (χ3v) is 4.01. The van der Waals surface area contributed by atoms with Crippen molar-refractivity contribution in [2.45, 2.75) is 19.4 Å². The van der Waals surface area contributed by atoms with Gasteiger partial charge in [0.25, 0.3) is 0 Å². The van der Waals surface area contributed by atoms with E-state index >= 15 is 0 Å². The Hall–Kier alpha value is -3.30. The van der Waals surface area contributed by atoms with Gasteiger partial charge in [-0.15, -0.1) is 5.10 Å². The number of rotatable bonds is 5. The molecule has 10 nitrogen and oxygen atoms in total.